The number of aliphatic hydroxyl groups is 1. The first-order valence-electron chi connectivity index (χ1n) is 5.44. The van der Waals surface area contributed by atoms with Gasteiger partial charge in [-0.25, -0.2) is 4.98 Å². The predicted molar refractivity (Wildman–Crippen MR) is 58.6 cm³/mol. The molecule has 84 valence electrons. The lowest BCUT2D eigenvalue weighted by Crippen LogP contribution is -2.31. The Morgan fingerprint density at radius 2 is 2.20 bits per heavy atom. The van der Waals surface area contributed by atoms with Crippen molar-refractivity contribution in [2.45, 2.75) is 45.9 Å². The van der Waals surface area contributed by atoms with E-state index < -0.39 is 0 Å². The van der Waals surface area contributed by atoms with E-state index in [1.54, 1.807) is 0 Å². The second-order valence-corrected chi connectivity index (χ2v) is 5.07. The fourth-order valence-corrected chi connectivity index (χ4v) is 2.07. The zero-order valence-electron chi connectivity index (χ0n) is 9.67. The molecule has 15 heavy (non-hydrogen) atoms. The Hall–Kier alpha value is -0.870. The number of aliphatic hydroxyl groups excluding tert-OH is 1. The van der Waals surface area contributed by atoms with Crippen molar-refractivity contribution >= 4 is 0 Å². The molecule has 0 fully saturated rings. The number of hydrogen-bond donors (Lipinski definition) is 2. The molecule has 1 aromatic rings. The van der Waals surface area contributed by atoms with E-state index in [1.165, 1.54) is 0 Å². The molecule has 1 aromatic heterocycles. The highest BCUT2D eigenvalue weighted by molar-refractivity contribution is 5.22. The smallest absolute Gasteiger partial charge is 0.114 e. The van der Waals surface area contributed by atoms with Gasteiger partial charge in [-0.05, 0) is 0 Å². The number of nitrogens with one attached hydrogen (secondary N) is 1. The summed E-state index contributed by atoms with van der Waals surface area (Å²) in [7, 11) is 0. The topological polar surface area (TPSA) is 50.1 Å². The summed E-state index contributed by atoms with van der Waals surface area (Å²) in [5.41, 5.74) is 2.01. The number of nitrogens with zero attached hydrogens (tertiary/aromatic N) is 2. The largest absolute Gasteiger partial charge is 0.390 e. The van der Waals surface area contributed by atoms with Crippen molar-refractivity contribution in [1.82, 2.24) is 14.9 Å². The van der Waals surface area contributed by atoms with Gasteiger partial charge in [0, 0.05) is 25.0 Å². The monoisotopic (exact) mass is 209 g/mol. The molecule has 0 unspecified atom stereocenters. The normalized spacial score (nSPS) is 16.5. The van der Waals surface area contributed by atoms with Gasteiger partial charge in [-0.3, -0.25) is 0 Å². The van der Waals surface area contributed by atoms with Crippen LogP contribution >= 0.6 is 0 Å². The van der Waals surface area contributed by atoms with Crippen LogP contribution in [0.1, 0.15) is 38.0 Å². The molecule has 0 aromatic carbocycles. The average Bonchev–Trinajstić information content (AvgIpc) is 2.55. The molecular weight excluding hydrogens is 190 g/mol. The lowest BCUT2D eigenvalue weighted by Gasteiger charge is -2.24. The summed E-state index contributed by atoms with van der Waals surface area (Å²) < 4.78 is 2.25. The number of hydrogen-bond acceptors (Lipinski definition) is 3. The molecule has 0 aliphatic carbocycles. The molecule has 0 bridgehead atoms. The average molecular weight is 209 g/mol. The summed E-state index contributed by atoms with van der Waals surface area (Å²) in [5.74, 6) is 1.09. The number of aromatic nitrogens is 2. The maximum absolute atomic E-state index is 9.27. The van der Waals surface area contributed by atoms with E-state index in [4.69, 9.17) is 0 Å². The molecule has 1 aliphatic heterocycles. The van der Waals surface area contributed by atoms with Crippen molar-refractivity contribution in [2.24, 2.45) is 0 Å². The van der Waals surface area contributed by atoms with Gasteiger partial charge in [0.15, 0.2) is 0 Å². The number of imidazole rings is 1. The molecule has 0 atom stereocenters. The lowest BCUT2D eigenvalue weighted by atomic mass is 9.95. The Balaban J connectivity index is 2.52. The fourth-order valence-electron chi connectivity index (χ4n) is 2.07. The van der Waals surface area contributed by atoms with Crippen LogP contribution in [0.5, 0.6) is 0 Å². The summed E-state index contributed by atoms with van der Waals surface area (Å²) in [6.07, 6.45) is 0. The van der Waals surface area contributed by atoms with E-state index in [0.717, 1.165) is 36.8 Å². The van der Waals surface area contributed by atoms with Crippen molar-refractivity contribution in [3.8, 4) is 0 Å². The second kappa shape index (κ2) is 3.61. The molecule has 2 N–H and O–H groups in total. The van der Waals surface area contributed by atoms with Gasteiger partial charge in [-0.15, -0.1) is 0 Å². The van der Waals surface area contributed by atoms with Crippen LogP contribution in [-0.4, -0.2) is 21.2 Å². The van der Waals surface area contributed by atoms with E-state index in [0.29, 0.717) is 0 Å². The van der Waals surface area contributed by atoms with E-state index in [2.05, 4.69) is 35.6 Å². The third-order valence-corrected chi connectivity index (χ3v) is 2.78. The highest BCUT2D eigenvalue weighted by Gasteiger charge is 2.26. The zero-order chi connectivity index (χ0) is 11.1. The number of rotatable bonds is 1. The quantitative estimate of drug-likeness (QED) is 0.718. The van der Waals surface area contributed by atoms with Crippen molar-refractivity contribution < 1.29 is 5.11 Å². The maximum Gasteiger partial charge on any atom is 0.114 e. The van der Waals surface area contributed by atoms with Crippen LogP contribution in [0.4, 0.5) is 0 Å². The molecule has 2 rings (SSSR count). The van der Waals surface area contributed by atoms with Gasteiger partial charge in [0.25, 0.3) is 0 Å². The molecule has 0 saturated carbocycles. The Morgan fingerprint density at radius 3 is 2.80 bits per heavy atom. The first-order valence-corrected chi connectivity index (χ1v) is 5.44. The molecule has 0 amide bonds. The first kappa shape index (κ1) is 10.6. The minimum absolute atomic E-state index is 0.0348. The van der Waals surface area contributed by atoms with Gasteiger partial charge in [0.2, 0.25) is 0 Å². The van der Waals surface area contributed by atoms with Crippen LogP contribution in [0.15, 0.2) is 0 Å². The van der Waals surface area contributed by atoms with Gasteiger partial charge in [0.05, 0.1) is 18.0 Å². The van der Waals surface area contributed by atoms with Gasteiger partial charge in [0.1, 0.15) is 5.82 Å². The lowest BCUT2D eigenvalue weighted by molar-refractivity contribution is 0.274. The van der Waals surface area contributed by atoms with E-state index in [1.807, 2.05) is 0 Å². The van der Waals surface area contributed by atoms with Crippen molar-refractivity contribution in [1.29, 1.82) is 0 Å². The Kier molecular flexibility index (Phi) is 2.56. The molecule has 1 aliphatic rings. The highest BCUT2D eigenvalue weighted by Crippen LogP contribution is 2.25. The first-order chi connectivity index (χ1) is 7.04. The maximum atomic E-state index is 9.27. The van der Waals surface area contributed by atoms with Crippen LogP contribution in [0, 0.1) is 0 Å². The Labute approximate surface area is 90.3 Å². The summed E-state index contributed by atoms with van der Waals surface area (Å²) in [6.45, 7) is 9.27. The van der Waals surface area contributed by atoms with Crippen molar-refractivity contribution in [2.75, 3.05) is 6.54 Å². The zero-order valence-corrected chi connectivity index (χ0v) is 9.67. The summed E-state index contributed by atoms with van der Waals surface area (Å²) in [4.78, 5) is 4.55. The van der Waals surface area contributed by atoms with Gasteiger partial charge >= 0.3 is 0 Å². The standard InChI is InChI=1S/C11H19N3O/c1-11(2,3)10-13-8(7-15)9-6-12-4-5-14(9)10/h12,15H,4-7H2,1-3H3. The van der Waals surface area contributed by atoms with Crippen molar-refractivity contribution in [3.05, 3.63) is 17.2 Å². The molecule has 0 radical (unpaired) electrons. The SMILES string of the molecule is CC(C)(C)c1nc(CO)c2n1CCNC2. The molecule has 4 nitrogen and oxygen atoms in total. The van der Waals surface area contributed by atoms with Crippen LogP contribution in [-0.2, 0) is 25.1 Å². The molecule has 0 spiro atoms. The van der Waals surface area contributed by atoms with Gasteiger partial charge < -0.3 is 15.0 Å². The van der Waals surface area contributed by atoms with Crippen LogP contribution in [0.3, 0.4) is 0 Å². The molecule has 0 saturated heterocycles. The van der Waals surface area contributed by atoms with Crippen LogP contribution in [0.2, 0.25) is 0 Å². The number of fused-ring (bicyclic) bond motifs is 1. The third kappa shape index (κ3) is 1.79. The highest BCUT2D eigenvalue weighted by atomic mass is 16.3. The second-order valence-electron chi connectivity index (χ2n) is 5.07. The van der Waals surface area contributed by atoms with Crippen LogP contribution < -0.4 is 5.32 Å². The Bertz CT molecular complexity index is 363. The minimum Gasteiger partial charge on any atom is -0.390 e. The van der Waals surface area contributed by atoms with E-state index in [-0.39, 0.29) is 12.0 Å². The van der Waals surface area contributed by atoms with Gasteiger partial charge in [-0.2, -0.15) is 0 Å². The predicted octanol–water partition coefficient (Wildman–Crippen LogP) is 0.776. The van der Waals surface area contributed by atoms with E-state index >= 15 is 0 Å². The fraction of sp³-hybridized carbons (Fsp3) is 0.727. The third-order valence-electron chi connectivity index (χ3n) is 2.78. The van der Waals surface area contributed by atoms with Gasteiger partial charge in [-0.1, -0.05) is 20.8 Å². The van der Waals surface area contributed by atoms with E-state index in [9.17, 15) is 5.11 Å². The molecule has 2 heterocycles. The van der Waals surface area contributed by atoms with Crippen LogP contribution in [0.25, 0.3) is 0 Å². The molecule has 4 heteroatoms. The minimum atomic E-state index is 0.0348. The summed E-state index contributed by atoms with van der Waals surface area (Å²) in [5, 5.41) is 12.6. The summed E-state index contributed by atoms with van der Waals surface area (Å²) in [6, 6.07) is 0. The summed E-state index contributed by atoms with van der Waals surface area (Å²) >= 11 is 0. The molecular formula is C11H19N3O. The Morgan fingerprint density at radius 1 is 1.47 bits per heavy atom. The van der Waals surface area contributed by atoms with Crippen molar-refractivity contribution in [3.63, 3.8) is 0 Å².